The number of hydrogen-bond acceptors (Lipinski definition) is 4. The molecule has 0 aliphatic heterocycles. The first kappa shape index (κ1) is 13.8. The van der Waals surface area contributed by atoms with Gasteiger partial charge in [0.1, 0.15) is 0 Å². The third kappa shape index (κ3) is 2.45. The maximum absolute atomic E-state index is 12.3. The van der Waals surface area contributed by atoms with E-state index in [4.69, 9.17) is 11.6 Å². The van der Waals surface area contributed by atoms with Gasteiger partial charge in [-0.3, -0.25) is 14.8 Å². The summed E-state index contributed by atoms with van der Waals surface area (Å²) in [6.07, 6.45) is 3.02. The molecule has 0 aliphatic carbocycles. The first-order valence-electron chi connectivity index (χ1n) is 6.05. The van der Waals surface area contributed by atoms with Crippen molar-refractivity contribution >= 4 is 38.2 Å². The maximum atomic E-state index is 12.3. The smallest absolute Gasteiger partial charge is 0.276 e. The average molecular weight is 323 g/mol. The quantitative estimate of drug-likeness (QED) is 0.776. The van der Waals surface area contributed by atoms with Crippen LogP contribution in [0.1, 0.15) is 5.56 Å². The number of aromatic amines is 1. The number of hydrogen-bond donors (Lipinski definition) is 2. The molecule has 0 aliphatic rings. The number of H-pyrrole nitrogens is 1. The van der Waals surface area contributed by atoms with Crippen molar-refractivity contribution in [2.24, 2.45) is 0 Å². The Kier molecular flexibility index (Phi) is 3.30. The number of sulfonamides is 1. The Morgan fingerprint density at radius 2 is 2.10 bits per heavy atom. The lowest BCUT2D eigenvalue weighted by Gasteiger charge is -2.12. The van der Waals surface area contributed by atoms with E-state index in [1.165, 1.54) is 12.3 Å². The number of rotatable bonds is 3. The van der Waals surface area contributed by atoms with Crippen molar-refractivity contribution in [3.63, 3.8) is 0 Å². The summed E-state index contributed by atoms with van der Waals surface area (Å²) < 4.78 is 27.1. The van der Waals surface area contributed by atoms with Gasteiger partial charge in [-0.25, -0.2) is 0 Å². The third-order valence-corrected chi connectivity index (χ3v) is 4.61. The molecule has 0 saturated heterocycles. The van der Waals surface area contributed by atoms with Crippen molar-refractivity contribution < 1.29 is 8.42 Å². The van der Waals surface area contributed by atoms with Gasteiger partial charge in [0.15, 0.2) is 5.03 Å². The zero-order chi connectivity index (χ0) is 15.0. The molecular formula is C13H11ClN4O2S. The highest BCUT2D eigenvalue weighted by Gasteiger charge is 2.19. The van der Waals surface area contributed by atoms with Crippen molar-refractivity contribution in [2.45, 2.75) is 11.9 Å². The van der Waals surface area contributed by atoms with Gasteiger partial charge in [0.05, 0.1) is 22.4 Å². The largest absolute Gasteiger partial charge is 0.278 e. The molecule has 2 aromatic heterocycles. The van der Waals surface area contributed by atoms with E-state index in [0.29, 0.717) is 21.6 Å². The zero-order valence-corrected chi connectivity index (χ0v) is 12.5. The second-order valence-corrected chi connectivity index (χ2v) is 6.53. The summed E-state index contributed by atoms with van der Waals surface area (Å²) in [5.41, 5.74) is 1.88. The maximum Gasteiger partial charge on any atom is 0.278 e. The van der Waals surface area contributed by atoms with Crippen LogP contribution >= 0.6 is 11.6 Å². The number of anilines is 1. The topological polar surface area (TPSA) is 87.7 Å². The number of fused-ring (bicyclic) bond motifs is 1. The fourth-order valence-corrected chi connectivity index (χ4v) is 3.45. The highest BCUT2D eigenvalue weighted by Crippen LogP contribution is 2.33. The molecule has 3 aromatic rings. The number of benzene rings is 1. The van der Waals surface area contributed by atoms with Gasteiger partial charge in [-0.2, -0.15) is 13.5 Å². The van der Waals surface area contributed by atoms with E-state index in [1.54, 1.807) is 24.4 Å². The molecule has 0 fully saturated rings. The van der Waals surface area contributed by atoms with E-state index in [0.717, 1.165) is 5.56 Å². The van der Waals surface area contributed by atoms with Gasteiger partial charge in [-0.15, -0.1) is 0 Å². The highest BCUT2D eigenvalue weighted by atomic mass is 35.5. The fraction of sp³-hybridized carbons (Fsp3) is 0.0769. The van der Waals surface area contributed by atoms with Gasteiger partial charge >= 0.3 is 0 Å². The summed E-state index contributed by atoms with van der Waals surface area (Å²) in [7, 11) is -3.78. The van der Waals surface area contributed by atoms with Crippen LogP contribution in [0.2, 0.25) is 5.02 Å². The van der Waals surface area contributed by atoms with E-state index in [1.807, 2.05) is 6.92 Å². The van der Waals surface area contributed by atoms with Crippen LogP contribution in [-0.2, 0) is 10.0 Å². The summed E-state index contributed by atoms with van der Waals surface area (Å²) in [6, 6.07) is 6.55. The van der Waals surface area contributed by atoms with Gasteiger partial charge in [-0.1, -0.05) is 11.6 Å². The number of aromatic nitrogens is 3. The Labute approximate surface area is 126 Å². The Morgan fingerprint density at radius 1 is 1.29 bits per heavy atom. The van der Waals surface area contributed by atoms with Gasteiger partial charge in [0.25, 0.3) is 10.0 Å². The minimum absolute atomic E-state index is 0.0313. The lowest BCUT2D eigenvalue weighted by atomic mass is 10.1. The third-order valence-electron chi connectivity index (χ3n) is 3.03. The van der Waals surface area contributed by atoms with Crippen LogP contribution in [0.25, 0.3) is 10.9 Å². The first-order valence-corrected chi connectivity index (χ1v) is 7.91. The summed E-state index contributed by atoms with van der Waals surface area (Å²) in [4.78, 5) is 4.26. The van der Waals surface area contributed by atoms with Crippen LogP contribution in [0.15, 0.2) is 41.7 Å². The molecule has 2 heterocycles. The molecule has 21 heavy (non-hydrogen) atoms. The molecule has 108 valence electrons. The van der Waals surface area contributed by atoms with E-state index >= 15 is 0 Å². The molecule has 8 heteroatoms. The molecule has 0 unspecified atom stereocenters. The van der Waals surface area contributed by atoms with Crippen molar-refractivity contribution in [3.8, 4) is 0 Å². The normalized spacial score (nSPS) is 11.7. The fourth-order valence-electron chi connectivity index (χ4n) is 2.07. The summed E-state index contributed by atoms with van der Waals surface area (Å²) >= 11 is 6.20. The molecule has 0 atom stereocenters. The van der Waals surface area contributed by atoms with Gasteiger partial charge in [-0.05, 0) is 36.8 Å². The van der Waals surface area contributed by atoms with Gasteiger partial charge in [0, 0.05) is 11.6 Å². The van der Waals surface area contributed by atoms with Crippen molar-refractivity contribution in [1.82, 2.24) is 15.2 Å². The van der Waals surface area contributed by atoms with Crippen LogP contribution < -0.4 is 4.72 Å². The second kappa shape index (κ2) is 5.01. The Balaban J connectivity index is 2.18. The zero-order valence-electron chi connectivity index (χ0n) is 11.0. The lowest BCUT2D eigenvalue weighted by molar-refractivity contribution is 0.597. The van der Waals surface area contributed by atoms with Gasteiger partial charge < -0.3 is 0 Å². The molecular weight excluding hydrogens is 312 g/mol. The minimum atomic E-state index is -3.78. The molecule has 0 saturated carbocycles. The number of nitrogens with zero attached hydrogens (tertiary/aromatic N) is 2. The molecule has 3 rings (SSSR count). The monoisotopic (exact) mass is 322 g/mol. The Bertz CT molecular complexity index is 907. The standard InChI is InChI=1S/C13H11ClN4O2S/c1-8-7-10(14)13(9-3-2-5-15-12(8)9)18-21(19,20)11-4-6-16-17-11/h2-7,18H,1H3,(H,16,17). The van der Waals surface area contributed by atoms with Crippen LogP contribution in [0.4, 0.5) is 5.69 Å². The molecule has 0 spiro atoms. The predicted molar refractivity (Wildman–Crippen MR) is 80.9 cm³/mol. The lowest BCUT2D eigenvalue weighted by Crippen LogP contribution is -2.14. The van der Waals surface area contributed by atoms with E-state index in [2.05, 4.69) is 19.9 Å². The van der Waals surface area contributed by atoms with Crippen LogP contribution in [0.3, 0.4) is 0 Å². The van der Waals surface area contributed by atoms with E-state index in [-0.39, 0.29) is 5.03 Å². The molecule has 0 radical (unpaired) electrons. The van der Waals surface area contributed by atoms with Gasteiger partial charge in [0.2, 0.25) is 0 Å². The van der Waals surface area contributed by atoms with Crippen molar-refractivity contribution in [3.05, 3.63) is 47.2 Å². The second-order valence-electron chi connectivity index (χ2n) is 4.48. The molecule has 0 amide bonds. The van der Waals surface area contributed by atoms with Crippen LogP contribution in [-0.4, -0.2) is 23.6 Å². The summed E-state index contributed by atoms with van der Waals surface area (Å²) in [6.45, 7) is 1.87. The van der Waals surface area contributed by atoms with Crippen LogP contribution in [0.5, 0.6) is 0 Å². The van der Waals surface area contributed by atoms with Crippen molar-refractivity contribution in [1.29, 1.82) is 0 Å². The molecule has 0 bridgehead atoms. The summed E-state index contributed by atoms with van der Waals surface area (Å²) in [5.74, 6) is 0. The van der Waals surface area contributed by atoms with E-state index < -0.39 is 10.0 Å². The van der Waals surface area contributed by atoms with Crippen molar-refractivity contribution in [2.75, 3.05) is 4.72 Å². The Morgan fingerprint density at radius 3 is 2.81 bits per heavy atom. The molecule has 6 nitrogen and oxygen atoms in total. The number of pyridine rings is 1. The number of nitrogens with one attached hydrogen (secondary N) is 2. The average Bonchev–Trinajstić information content (AvgIpc) is 2.98. The van der Waals surface area contributed by atoms with E-state index in [9.17, 15) is 8.42 Å². The number of halogens is 1. The molecule has 1 aromatic carbocycles. The molecule has 2 N–H and O–H groups in total. The summed E-state index contributed by atoms with van der Waals surface area (Å²) in [5, 5.41) is 6.99. The minimum Gasteiger partial charge on any atom is -0.276 e. The first-order chi connectivity index (χ1) is 9.99. The van der Waals surface area contributed by atoms with Crippen LogP contribution in [0, 0.1) is 6.92 Å². The highest BCUT2D eigenvalue weighted by molar-refractivity contribution is 7.92. The SMILES string of the molecule is Cc1cc(Cl)c(NS(=O)(=O)c2ccn[nH]2)c2cccnc12. The number of aryl methyl sites for hydroxylation is 1. The predicted octanol–water partition coefficient (Wildman–Crippen LogP) is 2.72. The Hall–Kier alpha value is -2.12.